The Morgan fingerprint density at radius 1 is 1.60 bits per heavy atom. The summed E-state index contributed by atoms with van der Waals surface area (Å²) in [5.74, 6) is -1.66. The summed E-state index contributed by atoms with van der Waals surface area (Å²) in [6, 6.07) is -0.952. The van der Waals surface area contributed by atoms with Crippen molar-refractivity contribution in [3.8, 4) is 0 Å². The van der Waals surface area contributed by atoms with Crippen molar-refractivity contribution in [3.05, 3.63) is 22.1 Å². The molecule has 1 heterocycles. The number of imidazole rings is 1. The van der Waals surface area contributed by atoms with E-state index in [4.69, 9.17) is 5.11 Å². The third-order valence-corrected chi connectivity index (χ3v) is 2.67. The van der Waals surface area contributed by atoms with Gasteiger partial charge in [-0.1, -0.05) is 13.3 Å². The van der Waals surface area contributed by atoms with Gasteiger partial charge in [0.1, 0.15) is 18.8 Å². The van der Waals surface area contributed by atoms with E-state index in [-0.39, 0.29) is 12.4 Å². The largest absolute Gasteiger partial charge is 0.480 e. The third-order valence-electron chi connectivity index (χ3n) is 2.67. The SMILES string of the molecule is CCCC(NC(=O)Cn1cc([N+](=O)[O-])nc1C)C(=O)O. The van der Waals surface area contributed by atoms with Crippen LogP contribution < -0.4 is 5.32 Å². The highest BCUT2D eigenvalue weighted by atomic mass is 16.6. The summed E-state index contributed by atoms with van der Waals surface area (Å²) >= 11 is 0. The molecule has 0 fully saturated rings. The number of nitro groups is 1. The molecule has 2 N–H and O–H groups in total. The van der Waals surface area contributed by atoms with Crippen LogP contribution in [0.2, 0.25) is 0 Å². The maximum absolute atomic E-state index is 11.7. The molecule has 0 bridgehead atoms. The van der Waals surface area contributed by atoms with E-state index in [0.29, 0.717) is 18.7 Å². The number of hydrogen-bond donors (Lipinski definition) is 2. The van der Waals surface area contributed by atoms with Crippen LogP contribution in [0.25, 0.3) is 0 Å². The molecule has 9 heteroatoms. The molecule has 110 valence electrons. The molecule has 1 amide bonds. The second-order valence-electron chi connectivity index (χ2n) is 4.28. The molecule has 20 heavy (non-hydrogen) atoms. The van der Waals surface area contributed by atoms with E-state index in [9.17, 15) is 19.7 Å². The number of carbonyl (C=O) groups excluding carboxylic acids is 1. The lowest BCUT2D eigenvalue weighted by atomic mass is 10.1. The van der Waals surface area contributed by atoms with Gasteiger partial charge in [-0.2, -0.15) is 0 Å². The first-order valence-corrected chi connectivity index (χ1v) is 6.05. The molecule has 0 radical (unpaired) electrons. The van der Waals surface area contributed by atoms with E-state index in [1.54, 1.807) is 0 Å². The number of aliphatic carboxylic acids is 1. The molecule has 1 rings (SSSR count). The average molecular weight is 284 g/mol. The van der Waals surface area contributed by atoms with Crippen LogP contribution in [0.5, 0.6) is 0 Å². The quantitative estimate of drug-likeness (QED) is 0.553. The van der Waals surface area contributed by atoms with Crippen LogP contribution in [0.3, 0.4) is 0 Å². The summed E-state index contributed by atoms with van der Waals surface area (Å²) in [7, 11) is 0. The lowest BCUT2D eigenvalue weighted by Gasteiger charge is -2.13. The van der Waals surface area contributed by atoms with Gasteiger partial charge in [0.25, 0.3) is 0 Å². The van der Waals surface area contributed by atoms with Crippen LogP contribution in [0.1, 0.15) is 25.6 Å². The third kappa shape index (κ3) is 4.04. The molecule has 1 aromatic heterocycles. The van der Waals surface area contributed by atoms with Crippen molar-refractivity contribution in [2.45, 2.75) is 39.3 Å². The summed E-state index contributed by atoms with van der Waals surface area (Å²) in [5, 5.41) is 21.9. The highest BCUT2D eigenvalue weighted by Crippen LogP contribution is 2.10. The Morgan fingerprint density at radius 2 is 2.25 bits per heavy atom. The van der Waals surface area contributed by atoms with Gasteiger partial charge in [0.05, 0.1) is 0 Å². The molecule has 0 aromatic carbocycles. The van der Waals surface area contributed by atoms with Crippen LogP contribution in [-0.2, 0) is 16.1 Å². The Kier molecular flexibility index (Phi) is 5.18. The van der Waals surface area contributed by atoms with Crippen molar-refractivity contribution < 1.29 is 19.6 Å². The monoisotopic (exact) mass is 284 g/mol. The predicted octanol–water partition coefficient (Wildman–Crippen LogP) is 0.469. The number of carbonyl (C=O) groups is 2. The van der Waals surface area contributed by atoms with Gasteiger partial charge in [-0.15, -0.1) is 0 Å². The molecule has 1 unspecified atom stereocenters. The van der Waals surface area contributed by atoms with Gasteiger partial charge >= 0.3 is 11.8 Å². The minimum Gasteiger partial charge on any atom is -0.480 e. The van der Waals surface area contributed by atoms with Gasteiger partial charge in [-0.05, 0) is 16.3 Å². The van der Waals surface area contributed by atoms with Crippen LogP contribution in [0, 0.1) is 17.0 Å². The highest BCUT2D eigenvalue weighted by molar-refractivity contribution is 5.83. The zero-order valence-corrected chi connectivity index (χ0v) is 11.2. The zero-order chi connectivity index (χ0) is 15.3. The summed E-state index contributed by atoms with van der Waals surface area (Å²) < 4.78 is 1.30. The van der Waals surface area contributed by atoms with E-state index in [1.807, 2.05) is 6.92 Å². The molecule has 0 aliphatic heterocycles. The fourth-order valence-electron chi connectivity index (χ4n) is 1.68. The standard InChI is InChI=1S/C11H16N4O5/c1-3-4-8(11(17)18)13-10(16)6-14-5-9(15(19)20)12-7(14)2/h5,8H,3-4,6H2,1-2H3,(H,13,16)(H,17,18). The van der Waals surface area contributed by atoms with Gasteiger partial charge < -0.3 is 20.5 Å². The smallest absolute Gasteiger partial charge is 0.381 e. The second kappa shape index (κ2) is 6.64. The van der Waals surface area contributed by atoms with Crippen molar-refractivity contribution in [1.82, 2.24) is 14.9 Å². The zero-order valence-electron chi connectivity index (χ0n) is 11.2. The van der Waals surface area contributed by atoms with Gasteiger partial charge in [0.15, 0.2) is 0 Å². The Labute approximate surface area is 114 Å². The summed E-state index contributed by atoms with van der Waals surface area (Å²) in [5.41, 5.74) is 0. The summed E-state index contributed by atoms with van der Waals surface area (Å²) in [4.78, 5) is 36.2. The first-order chi connectivity index (χ1) is 9.35. The molecular weight excluding hydrogens is 268 g/mol. The van der Waals surface area contributed by atoms with Crippen LogP contribution in [0.4, 0.5) is 5.82 Å². The summed E-state index contributed by atoms with van der Waals surface area (Å²) in [6.45, 7) is 3.13. The Hall–Kier alpha value is -2.45. The van der Waals surface area contributed by atoms with Gasteiger partial charge in [-0.25, -0.2) is 4.79 Å². The maximum Gasteiger partial charge on any atom is 0.381 e. The molecule has 0 aliphatic carbocycles. The van der Waals surface area contributed by atoms with Crippen LogP contribution >= 0.6 is 0 Å². The fraction of sp³-hybridized carbons (Fsp3) is 0.545. The van der Waals surface area contributed by atoms with Crippen molar-refractivity contribution in [2.24, 2.45) is 0 Å². The lowest BCUT2D eigenvalue weighted by molar-refractivity contribution is -0.389. The second-order valence-corrected chi connectivity index (χ2v) is 4.28. The van der Waals surface area contributed by atoms with Gasteiger partial charge in [0, 0.05) is 6.92 Å². The number of aryl methyl sites for hydroxylation is 1. The number of carboxylic acids is 1. The highest BCUT2D eigenvalue weighted by Gasteiger charge is 2.21. The minimum atomic E-state index is -1.10. The van der Waals surface area contributed by atoms with Crippen molar-refractivity contribution in [3.63, 3.8) is 0 Å². The first kappa shape index (κ1) is 15.6. The average Bonchev–Trinajstić information content (AvgIpc) is 2.70. The molecule has 1 aromatic rings. The predicted molar refractivity (Wildman–Crippen MR) is 68.1 cm³/mol. The Morgan fingerprint density at radius 3 is 2.70 bits per heavy atom. The van der Waals surface area contributed by atoms with Crippen LogP contribution in [-0.4, -0.2) is 37.5 Å². The van der Waals surface area contributed by atoms with Crippen molar-refractivity contribution in [2.75, 3.05) is 0 Å². The maximum atomic E-state index is 11.7. The minimum absolute atomic E-state index is 0.208. The molecule has 0 spiro atoms. The lowest BCUT2D eigenvalue weighted by Crippen LogP contribution is -2.42. The Bertz CT molecular complexity index is 525. The van der Waals surface area contributed by atoms with E-state index in [2.05, 4.69) is 10.3 Å². The fourth-order valence-corrected chi connectivity index (χ4v) is 1.68. The number of aromatic nitrogens is 2. The molecule has 0 saturated carbocycles. The van der Waals surface area contributed by atoms with Gasteiger partial charge in [-0.3, -0.25) is 9.36 Å². The van der Waals surface area contributed by atoms with Gasteiger partial charge in [0.2, 0.25) is 11.7 Å². The molecule has 1 atom stereocenters. The van der Waals surface area contributed by atoms with Crippen LogP contribution in [0.15, 0.2) is 6.20 Å². The number of nitrogens with one attached hydrogen (secondary N) is 1. The summed E-state index contributed by atoms with van der Waals surface area (Å²) in [6.07, 6.45) is 2.08. The number of carboxylic acid groups (broad SMARTS) is 1. The van der Waals surface area contributed by atoms with E-state index in [0.717, 1.165) is 6.20 Å². The number of rotatable bonds is 7. The molecule has 0 aliphatic rings. The van der Waals surface area contributed by atoms with E-state index in [1.165, 1.54) is 11.5 Å². The topological polar surface area (TPSA) is 127 Å². The normalized spacial score (nSPS) is 11.9. The molecule has 0 saturated heterocycles. The van der Waals surface area contributed by atoms with E-state index >= 15 is 0 Å². The van der Waals surface area contributed by atoms with E-state index < -0.39 is 22.8 Å². The molecular formula is C11H16N4O5. The Balaban J connectivity index is 2.70. The molecule has 9 nitrogen and oxygen atoms in total. The first-order valence-electron chi connectivity index (χ1n) is 6.05. The number of amides is 1. The number of hydrogen-bond acceptors (Lipinski definition) is 5. The van der Waals surface area contributed by atoms with Crippen molar-refractivity contribution >= 4 is 17.7 Å². The van der Waals surface area contributed by atoms with Crippen molar-refractivity contribution in [1.29, 1.82) is 0 Å². The number of nitrogens with zero attached hydrogens (tertiary/aromatic N) is 3.